The lowest BCUT2D eigenvalue weighted by Crippen LogP contribution is -2.44. The van der Waals surface area contributed by atoms with E-state index in [4.69, 9.17) is 4.74 Å². The van der Waals surface area contributed by atoms with Gasteiger partial charge in [-0.2, -0.15) is 0 Å². The Labute approximate surface area is 168 Å². The second kappa shape index (κ2) is 6.70. The number of piperazine rings is 1. The zero-order chi connectivity index (χ0) is 20.2. The van der Waals surface area contributed by atoms with Crippen molar-refractivity contribution >= 4 is 5.69 Å². The summed E-state index contributed by atoms with van der Waals surface area (Å²) < 4.78 is 6.44. The number of hydrogen-bond donors (Lipinski definition) is 1. The first-order valence-electron chi connectivity index (χ1n) is 10.3. The highest BCUT2D eigenvalue weighted by atomic mass is 16.5. The maximum absolute atomic E-state index is 10.7. The van der Waals surface area contributed by atoms with Crippen molar-refractivity contribution in [2.45, 2.75) is 46.1 Å². The lowest BCUT2D eigenvalue weighted by molar-refractivity contribution is 0.121. The molecule has 4 rings (SSSR count). The van der Waals surface area contributed by atoms with Crippen LogP contribution < -0.4 is 9.64 Å². The molecule has 1 unspecified atom stereocenters. The molecule has 1 atom stereocenters. The van der Waals surface area contributed by atoms with Crippen molar-refractivity contribution in [3.05, 3.63) is 52.1 Å². The molecule has 1 fully saturated rings. The SMILES string of the molecule is Cc1c(C)c2c(c(C)c1O)C(c1ccc(N3CCN(C)CC3)cc1)C(C)(C)O2. The smallest absolute Gasteiger partial charge is 0.127 e. The van der Waals surface area contributed by atoms with E-state index < -0.39 is 0 Å². The summed E-state index contributed by atoms with van der Waals surface area (Å²) in [6.45, 7) is 14.7. The number of fused-ring (bicyclic) bond motifs is 1. The van der Waals surface area contributed by atoms with Crippen molar-refractivity contribution in [3.8, 4) is 11.5 Å². The van der Waals surface area contributed by atoms with Gasteiger partial charge in [-0.05, 0) is 76.1 Å². The van der Waals surface area contributed by atoms with Crippen molar-refractivity contribution < 1.29 is 9.84 Å². The summed E-state index contributed by atoms with van der Waals surface area (Å²) in [6, 6.07) is 8.96. The Bertz CT molecular complexity index is 894. The van der Waals surface area contributed by atoms with Crippen LogP contribution in [0.5, 0.6) is 11.5 Å². The Morgan fingerprint density at radius 2 is 1.54 bits per heavy atom. The molecule has 150 valence electrons. The van der Waals surface area contributed by atoms with Crippen LogP contribution in [0.2, 0.25) is 0 Å². The Morgan fingerprint density at radius 3 is 2.14 bits per heavy atom. The van der Waals surface area contributed by atoms with E-state index in [1.165, 1.54) is 11.3 Å². The van der Waals surface area contributed by atoms with Crippen molar-refractivity contribution in [3.63, 3.8) is 0 Å². The van der Waals surface area contributed by atoms with Crippen LogP contribution in [-0.4, -0.2) is 48.8 Å². The molecule has 0 bridgehead atoms. The van der Waals surface area contributed by atoms with Gasteiger partial charge < -0.3 is 19.6 Å². The van der Waals surface area contributed by atoms with Gasteiger partial charge in [-0.3, -0.25) is 0 Å². The Morgan fingerprint density at radius 1 is 0.929 bits per heavy atom. The van der Waals surface area contributed by atoms with Crippen LogP contribution in [0.25, 0.3) is 0 Å². The molecule has 0 aromatic heterocycles. The summed E-state index contributed by atoms with van der Waals surface area (Å²) in [5.74, 6) is 1.46. The van der Waals surface area contributed by atoms with E-state index in [1.54, 1.807) is 0 Å². The highest BCUT2D eigenvalue weighted by molar-refractivity contribution is 5.64. The fraction of sp³-hybridized carbons (Fsp3) is 0.500. The number of hydrogen-bond acceptors (Lipinski definition) is 4. The molecule has 4 nitrogen and oxygen atoms in total. The highest BCUT2D eigenvalue weighted by Gasteiger charge is 2.45. The van der Waals surface area contributed by atoms with Crippen LogP contribution in [0.3, 0.4) is 0 Å². The molecule has 1 saturated heterocycles. The van der Waals surface area contributed by atoms with Crippen molar-refractivity contribution in [1.29, 1.82) is 0 Å². The van der Waals surface area contributed by atoms with Crippen molar-refractivity contribution in [2.75, 3.05) is 38.1 Å². The molecule has 0 radical (unpaired) electrons. The standard InChI is InChI=1S/C24H32N2O2/c1-15-16(2)23-20(17(3)22(15)27)21(24(4,5)28-23)18-7-9-19(10-8-18)26-13-11-25(6)12-14-26/h7-10,21,27H,11-14H2,1-6H3. The first kappa shape index (κ1) is 19.1. The van der Waals surface area contributed by atoms with E-state index in [0.717, 1.165) is 54.2 Å². The molecule has 1 N–H and O–H groups in total. The fourth-order valence-corrected chi connectivity index (χ4v) is 4.79. The van der Waals surface area contributed by atoms with E-state index in [-0.39, 0.29) is 11.5 Å². The van der Waals surface area contributed by atoms with E-state index in [1.807, 2.05) is 20.8 Å². The van der Waals surface area contributed by atoms with Gasteiger partial charge in [0.2, 0.25) is 0 Å². The Hall–Kier alpha value is -2.20. The van der Waals surface area contributed by atoms with Crippen LogP contribution in [0.1, 0.15) is 47.6 Å². The van der Waals surface area contributed by atoms with Gasteiger partial charge in [0, 0.05) is 37.4 Å². The van der Waals surface area contributed by atoms with Crippen LogP contribution in [0, 0.1) is 20.8 Å². The van der Waals surface area contributed by atoms with Crippen molar-refractivity contribution in [1.82, 2.24) is 4.90 Å². The average Bonchev–Trinajstić information content (AvgIpc) is 2.97. The topological polar surface area (TPSA) is 35.9 Å². The Kier molecular flexibility index (Phi) is 4.58. The quantitative estimate of drug-likeness (QED) is 0.839. The van der Waals surface area contributed by atoms with Gasteiger partial charge in [-0.15, -0.1) is 0 Å². The summed E-state index contributed by atoms with van der Waals surface area (Å²) >= 11 is 0. The number of aromatic hydroxyl groups is 1. The average molecular weight is 381 g/mol. The third kappa shape index (κ3) is 2.95. The Balaban J connectivity index is 1.72. The third-order valence-electron chi connectivity index (χ3n) is 6.71. The van der Waals surface area contributed by atoms with Crippen LogP contribution in [0.4, 0.5) is 5.69 Å². The van der Waals surface area contributed by atoms with E-state index >= 15 is 0 Å². The predicted octanol–water partition coefficient (Wildman–Crippen LogP) is 4.37. The number of nitrogens with zero attached hydrogens (tertiary/aromatic N) is 2. The largest absolute Gasteiger partial charge is 0.507 e. The number of ether oxygens (including phenoxy) is 1. The fourth-order valence-electron chi connectivity index (χ4n) is 4.79. The van der Waals surface area contributed by atoms with E-state index in [0.29, 0.717) is 5.75 Å². The number of anilines is 1. The zero-order valence-corrected chi connectivity index (χ0v) is 18.0. The maximum Gasteiger partial charge on any atom is 0.127 e. The number of benzene rings is 2. The highest BCUT2D eigenvalue weighted by Crippen LogP contribution is 2.53. The minimum atomic E-state index is -0.354. The lowest BCUT2D eigenvalue weighted by atomic mass is 9.78. The van der Waals surface area contributed by atoms with Gasteiger partial charge in [0.25, 0.3) is 0 Å². The van der Waals surface area contributed by atoms with Gasteiger partial charge in [0.05, 0.1) is 5.92 Å². The maximum atomic E-state index is 10.7. The summed E-state index contributed by atoms with van der Waals surface area (Å²) in [5, 5.41) is 10.7. The van der Waals surface area contributed by atoms with Crippen LogP contribution in [-0.2, 0) is 0 Å². The summed E-state index contributed by atoms with van der Waals surface area (Å²) in [4.78, 5) is 4.83. The molecule has 0 amide bonds. The van der Waals surface area contributed by atoms with Gasteiger partial charge >= 0.3 is 0 Å². The minimum Gasteiger partial charge on any atom is -0.507 e. The molecular weight excluding hydrogens is 348 g/mol. The van der Waals surface area contributed by atoms with Crippen LogP contribution >= 0.6 is 0 Å². The number of likely N-dealkylation sites (N-methyl/N-ethyl adjacent to an activating group) is 1. The molecule has 2 aliphatic heterocycles. The molecule has 2 aromatic rings. The van der Waals surface area contributed by atoms with Gasteiger partial charge in [-0.1, -0.05) is 12.1 Å². The molecule has 2 aliphatic rings. The molecule has 0 spiro atoms. The normalized spacial score (nSPS) is 21.5. The lowest BCUT2D eigenvalue weighted by Gasteiger charge is -2.34. The summed E-state index contributed by atoms with van der Waals surface area (Å²) in [5.41, 5.74) is 6.21. The van der Waals surface area contributed by atoms with Crippen LogP contribution in [0.15, 0.2) is 24.3 Å². The van der Waals surface area contributed by atoms with Gasteiger partial charge in [-0.25, -0.2) is 0 Å². The second-order valence-electron chi connectivity index (χ2n) is 8.99. The van der Waals surface area contributed by atoms with Gasteiger partial charge in [0.1, 0.15) is 17.1 Å². The first-order valence-corrected chi connectivity index (χ1v) is 10.3. The third-order valence-corrected chi connectivity index (χ3v) is 6.71. The second-order valence-corrected chi connectivity index (χ2v) is 8.99. The van der Waals surface area contributed by atoms with E-state index in [9.17, 15) is 5.11 Å². The first-order chi connectivity index (χ1) is 13.2. The molecule has 2 heterocycles. The molecule has 0 saturated carbocycles. The molecule has 2 aromatic carbocycles. The summed E-state index contributed by atoms with van der Waals surface area (Å²) in [6.07, 6.45) is 0. The number of phenolic OH excluding ortho intramolecular Hbond substituents is 1. The zero-order valence-electron chi connectivity index (χ0n) is 18.0. The van der Waals surface area contributed by atoms with Gasteiger partial charge in [0.15, 0.2) is 0 Å². The molecule has 4 heteroatoms. The number of rotatable bonds is 2. The predicted molar refractivity (Wildman–Crippen MR) is 115 cm³/mol. The minimum absolute atomic E-state index is 0.106. The van der Waals surface area contributed by atoms with E-state index in [2.05, 4.69) is 55.0 Å². The van der Waals surface area contributed by atoms with Crippen molar-refractivity contribution in [2.24, 2.45) is 0 Å². The summed E-state index contributed by atoms with van der Waals surface area (Å²) in [7, 11) is 2.18. The monoisotopic (exact) mass is 380 g/mol. The molecular formula is C24H32N2O2. The number of phenols is 1. The molecule has 0 aliphatic carbocycles. The molecule has 28 heavy (non-hydrogen) atoms.